The third-order valence-corrected chi connectivity index (χ3v) is 5.00. The van der Waals surface area contributed by atoms with Gasteiger partial charge in [-0.2, -0.15) is 5.10 Å². The fourth-order valence-electron chi connectivity index (χ4n) is 2.44. The molecule has 3 rings (SSSR count). The average molecular weight is 384 g/mol. The van der Waals surface area contributed by atoms with Gasteiger partial charge in [0.2, 0.25) is 5.91 Å². The second-order valence-electron chi connectivity index (χ2n) is 6.66. The molecule has 0 aliphatic rings. The molecule has 7 nitrogen and oxygen atoms in total. The number of aliphatic carboxylic acids is 1. The minimum atomic E-state index is -1.19. The Labute approximate surface area is 160 Å². The largest absolute Gasteiger partial charge is 0.479 e. The van der Waals surface area contributed by atoms with Crippen LogP contribution >= 0.6 is 11.3 Å². The van der Waals surface area contributed by atoms with Crippen LogP contribution in [0.3, 0.4) is 0 Å². The van der Waals surface area contributed by atoms with Gasteiger partial charge in [-0.15, -0.1) is 11.3 Å². The second-order valence-corrected chi connectivity index (χ2v) is 7.60. The maximum atomic E-state index is 12.2. The third kappa shape index (κ3) is 4.59. The molecule has 27 heavy (non-hydrogen) atoms. The van der Waals surface area contributed by atoms with Crippen LogP contribution < -0.4 is 5.32 Å². The van der Waals surface area contributed by atoms with Gasteiger partial charge in [0.15, 0.2) is 5.54 Å². The molecule has 0 atom stereocenters. The molecule has 0 saturated carbocycles. The van der Waals surface area contributed by atoms with E-state index in [0.717, 1.165) is 11.4 Å². The van der Waals surface area contributed by atoms with E-state index in [1.807, 2.05) is 35.7 Å². The molecule has 140 valence electrons. The zero-order chi connectivity index (χ0) is 19.4. The quantitative estimate of drug-likeness (QED) is 0.653. The van der Waals surface area contributed by atoms with E-state index in [2.05, 4.69) is 15.4 Å². The number of nitrogens with zero attached hydrogens (tertiary/aromatic N) is 3. The van der Waals surface area contributed by atoms with Crippen molar-refractivity contribution < 1.29 is 14.7 Å². The van der Waals surface area contributed by atoms with Crippen molar-refractivity contribution in [2.75, 3.05) is 5.32 Å². The Hall–Kier alpha value is -3.00. The lowest BCUT2D eigenvalue weighted by atomic mass is 10.1. The zero-order valence-corrected chi connectivity index (χ0v) is 15.9. The molecule has 0 radical (unpaired) electrons. The van der Waals surface area contributed by atoms with Crippen LogP contribution in [-0.4, -0.2) is 31.7 Å². The van der Waals surface area contributed by atoms with E-state index in [-0.39, 0.29) is 12.3 Å². The first-order valence-corrected chi connectivity index (χ1v) is 9.28. The molecule has 0 unspecified atom stereocenters. The van der Waals surface area contributed by atoms with Crippen molar-refractivity contribution in [1.29, 1.82) is 0 Å². The van der Waals surface area contributed by atoms with E-state index in [4.69, 9.17) is 0 Å². The summed E-state index contributed by atoms with van der Waals surface area (Å²) in [4.78, 5) is 28.0. The zero-order valence-electron chi connectivity index (χ0n) is 15.0. The summed E-state index contributed by atoms with van der Waals surface area (Å²) in [7, 11) is 0. The molecular weight excluding hydrogens is 364 g/mol. The molecular formula is C19H20N4O3S. The minimum absolute atomic E-state index is 0.152. The molecule has 0 fully saturated rings. The number of carbonyl (C=O) groups excluding carboxylic acids is 1. The summed E-state index contributed by atoms with van der Waals surface area (Å²) in [6, 6.07) is 10.0. The number of hydrogen-bond donors (Lipinski definition) is 2. The van der Waals surface area contributed by atoms with Crippen LogP contribution in [0.15, 0.2) is 48.1 Å². The fraction of sp³-hybridized carbons (Fsp3) is 0.263. The summed E-state index contributed by atoms with van der Waals surface area (Å²) in [5, 5.41) is 18.8. The van der Waals surface area contributed by atoms with Gasteiger partial charge >= 0.3 is 5.97 Å². The Morgan fingerprint density at radius 3 is 2.70 bits per heavy atom. The number of hydrogen-bond acceptors (Lipinski definition) is 5. The van der Waals surface area contributed by atoms with Gasteiger partial charge in [-0.25, -0.2) is 9.78 Å². The van der Waals surface area contributed by atoms with E-state index >= 15 is 0 Å². The number of carbonyl (C=O) groups is 2. The van der Waals surface area contributed by atoms with E-state index in [0.29, 0.717) is 11.4 Å². The molecule has 3 aromatic rings. The highest BCUT2D eigenvalue weighted by Crippen LogP contribution is 2.18. The number of thiazole rings is 1. The summed E-state index contributed by atoms with van der Waals surface area (Å²) < 4.78 is 1.31. The van der Waals surface area contributed by atoms with Crippen molar-refractivity contribution in [3.8, 4) is 0 Å². The van der Waals surface area contributed by atoms with Gasteiger partial charge in [0.25, 0.3) is 0 Å². The topological polar surface area (TPSA) is 97.1 Å². The second kappa shape index (κ2) is 7.71. The first kappa shape index (κ1) is 18.8. The van der Waals surface area contributed by atoms with E-state index in [1.165, 1.54) is 47.8 Å². The summed E-state index contributed by atoms with van der Waals surface area (Å²) in [6.07, 6.45) is 3.83. The average Bonchev–Trinajstić information content (AvgIpc) is 3.25. The smallest absolute Gasteiger partial charge is 0.331 e. The fourth-order valence-corrected chi connectivity index (χ4v) is 3.27. The molecule has 0 spiro atoms. The van der Waals surface area contributed by atoms with Crippen LogP contribution in [0, 0.1) is 0 Å². The number of nitrogens with one attached hydrogen (secondary N) is 1. The van der Waals surface area contributed by atoms with Crippen LogP contribution in [0.2, 0.25) is 0 Å². The summed E-state index contributed by atoms with van der Waals surface area (Å²) in [5.74, 6) is -1.23. The third-order valence-electron chi connectivity index (χ3n) is 4.10. The molecule has 0 bridgehead atoms. The van der Waals surface area contributed by atoms with Gasteiger partial charge in [-0.3, -0.25) is 9.48 Å². The number of anilines is 1. The highest BCUT2D eigenvalue weighted by atomic mass is 32.1. The van der Waals surface area contributed by atoms with Crippen molar-refractivity contribution in [2.24, 2.45) is 0 Å². The Morgan fingerprint density at radius 2 is 2.00 bits per heavy atom. The Kier molecular flexibility index (Phi) is 5.36. The maximum absolute atomic E-state index is 12.2. The van der Waals surface area contributed by atoms with Crippen LogP contribution in [0.4, 0.5) is 5.69 Å². The number of aromatic nitrogens is 3. The van der Waals surface area contributed by atoms with Gasteiger partial charge in [0, 0.05) is 18.0 Å². The highest BCUT2D eigenvalue weighted by Gasteiger charge is 2.30. The highest BCUT2D eigenvalue weighted by molar-refractivity contribution is 7.09. The number of benzene rings is 1. The molecule has 0 aliphatic heterocycles. The molecule has 2 heterocycles. The van der Waals surface area contributed by atoms with Crippen LogP contribution in [-0.2, 0) is 28.0 Å². The predicted molar refractivity (Wildman–Crippen MR) is 103 cm³/mol. The number of carboxylic acid groups (broad SMARTS) is 1. The summed E-state index contributed by atoms with van der Waals surface area (Å²) in [6.45, 7) is 3.08. The van der Waals surface area contributed by atoms with Gasteiger partial charge in [-0.05, 0) is 19.4 Å². The minimum Gasteiger partial charge on any atom is -0.479 e. The SMILES string of the molecule is CC(C)(C(=O)O)n1cc(NC(=O)Cc2csc(Cc3ccccc3)n2)cn1. The Morgan fingerprint density at radius 1 is 1.26 bits per heavy atom. The first-order valence-electron chi connectivity index (χ1n) is 8.40. The van der Waals surface area contributed by atoms with Gasteiger partial charge in [-0.1, -0.05) is 30.3 Å². The van der Waals surface area contributed by atoms with Crippen molar-refractivity contribution in [3.63, 3.8) is 0 Å². The summed E-state index contributed by atoms with van der Waals surface area (Å²) >= 11 is 1.53. The van der Waals surface area contributed by atoms with Gasteiger partial charge in [0.05, 0.1) is 29.0 Å². The van der Waals surface area contributed by atoms with Crippen LogP contribution in [0.5, 0.6) is 0 Å². The number of carboxylic acids is 1. The van der Waals surface area contributed by atoms with E-state index in [9.17, 15) is 14.7 Å². The lowest BCUT2D eigenvalue weighted by molar-refractivity contribution is -0.146. The van der Waals surface area contributed by atoms with E-state index in [1.54, 1.807) is 0 Å². The molecule has 8 heteroatoms. The molecule has 1 amide bonds. The molecule has 0 saturated heterocycles. The number of amides is 1. The van der Waals surface area contributed by atoms with Crippen LogP contribution in [0.1, 0.15) is 30.1 Å². The van der Waals surface area contributed by atoms with Crippen molar-refractivity contribution >= 4 is 28.9 Å². The monoisotopic (exact) mass is 384 g/mol. The Balaban J connectivity index is 1.59. The summed E-state index contributed by atoms with van der Waals surface area (Å²) in [5.41, 5.74) is 1.15. The lowest BCUT2D eigenvalue weighted by Gasteiger charge is -2.19. The predicted octanol–water partition coefficient (Wildman–Crippen LogP) is 2.93. The normalized spacial score (nSPS) is 11.3. The van der Waals surface area contributed by atoms with Crippen molar-refractivity contribution in [2.45, 2.75) is 32.2 Å². The molecule has 1 aromatic carbocycles. The number of rotatable bonds is 7. The standard InChI is InChI=1S/C19H20N4O3S/c1-19(2,18(25)26)23-11-15(10-20-23)21-16(24)9-14-12-27-17(22-14)8-13-6-4-3-5-7-13/h3-7,10-12H,8-9H2,1-2H3,(H,21,24)(H,25,26). The lowest BCUT2D eigenvalue weighted by Crippen LogP contribution is -2.35. The molecule has 0 aliphatic carbocycles. The van der Waals surface area contributed by atoms with E-state index < -0.39 is 11.5 Å². The molecule has 2 N–H and O–H groups in total. The first-order chi connectivity index (χ1) is 12.8. The van der Waals surface area contributed by atoms with Gasteiger partial charge in [0.1, 0.15) is 0 Å². The Bertz CT molecular complexity index is 947. The maximum Gasteiger partial charge on any atom is 0.331 e. The van der Waals surface area contributed by atoms with Gasteiger partial charge < -0.3 is 10.4 Å². The van der Waals surface area contributed by atoms with Crippen LogP contribution in [0.25, 0.3) is 0 Å². The van der Waals surface area contributed by atoms with Crippen molar-refractivity contribution in [3.05, 3.63) is 64.4 Å². The van der Waals surface area contributed by atoms with Crippen molar-refractivity contribution in [1.82, 2.24) is 14.8 Å². The molecule has 2 aromatic heterocycles.